The molecule has 0 radical (unpaired) electrons. The van der Waals surface area contributed by atoms with Gasteiger partial charge in [0.25, 0.3) is 0 Å². The predicted octanol–water partition coefficient (Wildman–Crippen LogP) is 5.62. The lowest BCUT2D eigenvalue weighted by Gasteiger charge is -2.10. The number of carbonyl (C=O) groups excluding carboxylic acids is 2. The fraction of sp³-hybridized carbons (Fsp3) is 0.100. The van der Waals surface area contributed by atoms with Gasteiger partial charge in [0.2, 0.25) is 0 Å². The molecular weight excluding hydrogens is 375 g/mol. The molecule has 2 rings (SSSR count). The van der Waals surface area contributed by atoms with Gasteiger partial charge in [0.1, 0.15) is 11.5 Å². The second-order valence-corrected chi connectivity index (χ2v) is 6.44. The van der Waals surface area contributed by atoms with Crippen LogP contribution in [0.1, 0.15) is 13.8 Å². The van der Waals surface area contributed by atoms with E-state index < -0.39 is 11.9 Å². The van der Waals surface area contributed by atoms with Gasteiger partial charge in [-0.2, -0.15) is 0 Å². The van der Waals surface area contributed by atoms with E-state index in [9.17, 15) is 9.59 Å². The molecule has 0 saturated carbocycles. The van der Waals surface area contributed by atoms with E-state index in [-0.39, 0.29) is 32.7 Å². The molecule has 0 atom stereocenters. The van der Waals surface area contributed by atoms with Gasteiger partial charge in [-0.25, -0.2) is 9.59 Å². The maximum absolute atomic E-state index is 11.6. The molecule has 0 aliphatic rings. The first-order chi connectivity index (χ1) is 12.2. The number of ether oxygens (including phenoxy) is 2. The highest BCUT2D eigenvalue weighted by Gasteiger charge is 2.13. The van der Waals surface area contributed by atoms with E-state index in [1.165, 1.54) is 0 Å². The highest BCUT2D eigenvalue weighted by atomic mass is 35.5. The zero-order valence-corrected chi connectivity index (χ0v) is 15.8. The first-order valence-electron chi connectivity index (χ1n) is 7.54. The van der Waals surface area contributed by atoms with Crippen LogP contribution in [0.15, 0.2) is 60.7 Å². The van der Waals surface area contributed by atoms with Crippen molar-refractivity contribution in [3.05, 3.63) is 70.7 Å². The van der Waals surface area contributed by atoms with E-state index in [0.717, 1.165) is 11.1 Å². The average molecular weight is 391 g/mol. The molecule has 0 spiro atoms. The Bertz CT molecular complexity index is 841. The van der Waals surface area contributed by atoms with Gasteiger partial charge in [-0.15, -0.1) is 0 Å². The lowest BCUT2D eigenvalue weighted by Crippen LogP contribution is -2.08. The third-order valence-corrected chi connectivity index (χ3v) is 3.89. The molecule has 0 N–H and O–H groups in total. The molecule has 6 heteroatoms. The standard InChI is InChI=1S/C20H16Cl2O4/c1-11(2)19(23)25-17-7-5-13(9-15(17)21)14-6-8-18(16(22)10-14)26-20(24)12(3)4/h5-10H,1,3H2,2,4H3. The second-order valence-electron chi connectivity index (χ2n) is 5.63. The number of halogens is 2. The Morgan fingerprint density at radius 2 is 1.12 bits per heavy atom. The molecule has 0 saturated heterocycles. The number of esters is 2. The molecule has 2 aromatic rings. The summed E-state index contributed by atoms with van der Waals surface area (Å²) in [7, 11) is 0. The van der Waals surface area contributed by atoms with Crippen LogP contribution in [0, 0.1) is 0 Å². The fourth-order valence-electron chi connectivity index (χ4n) is 1.90. The predicted molar refractivity (Wildman–Crippen MR) is 103 cm³/mol. The monoisotopic (exact) mass is 390 g/mol. The summed E-state index contributed by atoms with van der Waals surface area (Å²) in [6.07, 6.45) is 0. The summed E-state index contributed by atoms with van der Waals surface area (Å²) in [5, 5.41) is 0.539. The van der Waals surface area contributed by atoms with Crippen LogP contribution in [-0.4, -0.2) is 11.9 Å². The van der Waals surface area contributed by atoms with Crippen molar-refractivity contribution in [2.45, 2.75) is 13.8 Å². The van der Waals surface area contributed by atoms with Gasteiger partial charge in [-0.1, -0.05) is 48.5 Å². The molecular formula is C20H16Cl2O4. The van der Waals surface area contributed by atoms with Gasteiger partial charge in [0, 0.05) is 11.1 Å². The summed E-state index contributed by atoms with van der Waals surface area (Å²) in [5.41, 5.74) is 2.06. The zero-order valence-electron chi connectivity index (χ0n) is 14.3. The Balaban J connectivity index is 2.26. The first kappa shape index (κ1) is 19.8. The molecule has 4 nitrogen and oxygen atoms in total. The molecule has 26 heavy (non-hydrogen) atoms. The molecule has 2 aromatic carbocycles. The Hall–Kier alpha value is -2.56. The minimum atomic E-state index is -0.550. The molecule has 0 aromatic heterocycles. The number of hydrogen-bond acceptors (Lipinski definition) is 4. The van der Waals surface area contributed by atoms with Gasteiger partial charge in [0.15, 0.2) is 0 Å². The van der Waals surface area contributed by atoms with E-state index in [4.69, 9.17) is 32.7 Å². The van der Waals surface area contributed by atoms with Crippen LogP contribution >= 0.6 is 23.2 Å². The molecule has 0 heterocycles. The van der Waals surface area contributed by atoms with Crippen molar-refractivity contribution in [2.24, 2.45) is 0 Å². The van der Waals surface area contributed by atoms with Crippen LogP contribution < -0.4 is 9.47 Å². The van der Waals surface area contributed by atoms with Crippen molar-refractivity contribution < 1.29 is 19.1 Å². The van der Waals surface area contributed by atoms with Crippen molar-refractivity contribution >= 4 is 35.1 Å². The van der Waals surface area contributed by atoms with E-state index in [1.807, 2.05) is 0 Å². The van der Waals surface area contributed by atoms with Crippen LogP contribution in [0.4, 0.5) is 0 Å². The van der Waals surface area contributed by atoms with Gasteiger partial charge in [0.05, 0.1) is 10.0 Å². The van der Waals surface area contributed by atoms with Crippen molar-refractivity contribution in [2.75, 3.05) is 0 Å². The molecule has 0 fully saturated rings. The smallest absolute Gasteiger partial charge is 0.338 e. The highest BCUT2D eigenvalue weighted by molar-refractivity contribution is 6.33. The maximum atomic E-state index is 11.6. The first-order valence-corrected chi connectivity index (χ1v) is 8.29. The van der Waals surface area contributed by atoms with E-state index >= 15 is 0 Å². The fourth-order valence-corrected chi connectivity index (χ4v) is 2.34. The summed E-state index contributed by atoms with van der Waals surface area (Å²) in [6, 6.07) is 9.93. The summed E-state index contributed by atoms with van der Waals surface area (Å²) < 4.78 is 10.3. The third kappa shape index (κ3) is 4.75. The number of carbonyl (C=O) groups is 2. The van der Waals surface area contributed by atoms with Crippen LogP contribution in [0.5, 0.6) is 11.5 Å². The van der Waals surface area contributed by atoms with E-state index in [0.29, 0.717) is 0 Å². The lowest BCUT2D eigenvalue weighted by molar-refractivity contribution is -0.130. The molecule has 0 amide bonds. The zero-order chi connectivity index (χ0) is 19.4. The minimum Gasteiger partial charge on any atom is -0.422 e. The van der Waals surface area contributed by atoms with Crippen molar-refractivity contribution in [3.8, 4) is 22.6 Å². The number of benzene rings is 2. The quantitative estimate of drug-likeness (QED) is 0.377. The van der Waals surface area contributed by atoms with Crippen molar-refractivity contribution in [3.63, 3.8) is 0 Å². The summed E-state index contributed by atoms with van der Waals surface area (Å²) >= 11 is 12.4. The molecule has 0 bridgehead atoms. The van der Waals surface area contributed by atoms with Crippen LogP contribution in [-0.2, 0) is 9.59 Å². The third-order valence-electron chi connectivity index (χ3n) is 3.30. The summed E-state index contributed by atoms with van der Waals surface area (Å²) in [6.45, 7) is 10.1. The Labute approximate surface area is 161 Å². The number of rotatable bonds is 5. The normalized spacial score (nSPS) is 10.2. The summed E-state index contributed by atoms with van der Waals surface area (Å²) in [5.74, 6) is -0.624. The molecule has 0 aliphatic carbocycles. The second kappa shape index (κ2) is 8.21. The van der Waals surface area contributed by atoms with Gasteiger partial charge in [-0.3, -0.25) is 0 Å². The Morgan fingerprint density at radius 3 is 1.38 bits per heavy atom. The molecule has 134 valence electrons. The van der Waals surface area contributed by atoms with Crippen LogP contribution in [0.3, 0.4) is 0 Å². The largest absolute Gasteiger partial charge is 0.422 e. The SMILES string of the molecule is C=C(C)C(=O)Oc1ccc(-c2ccc(OC(=O)C(=C)C)c(Cl)c2)cc1Cl. The number of hydrogen-bond donors (Lipinski definition) is 0. The van der Waals surface area contributed by atoms with Gasteiger partial charge < -0.3 is 9.47 Å². The molecule has 0 unspecified atom stereocenters. The minimum absolute atomic E-state index is 0.238. The van der Waals surface area contributed by atoms with Gasteiger partial charge >= 0.3 is 11.9 Å². The van der Waals surface area contributed by atoms with Crippen LogP contribution in [0.25, 0.3) is 11.1 Å². The molecule has 0 aliphatic heterocycles. The summed E-state index contributed by atoms with van der Waals surface area (Å²) in [4.78, 5) is 23.2. The van der Waals surface area contributed by atoms with Crippen molar-refractivity contribution in [1.82, 2.24) is 0 Å². The topological polar surface area (TPSA) is 52.6 Å². The maximum Gasteiger partial charge on any atom is 0.338 e. The van der Waals surface area contributed by atoms with Crippen LogP contribution in [0.2, 0.25) is 10.0 Å². The lowest BCUT2D eigenvalue weighted by atomic mass is 10.1. The highest BCUT2D eigenvalue weighted by Crippen LogP contribution is 2.34. The van der Waals surface area contributed by atoms with E-state index in [1.54, 1.807) is 50.2 Å². The Morgan fingerprint density at radius 1 is 0.769 bits per heavy atom. The van der Waals surface area contributed by atoms with Gasteiger partial charge in [-0.05, 0) is 49.2 Å². The Kier molecular flexibility index (Phi) is 6.24. The average Bonchev–Trinajstić information content (AvgIpc) is 2.58. The van der Waals surface area contributed by atoms with Crippen molar-refractivity contribution in [1.29, 1.82) is 0 Å². The van der Waals surface area contributed by atoms with E-state index in [2.05, 4.69) is 13.2 Å².